The minimum Gasteiger partial charge on any atom is -0.358 e. The van der Waals surface area contributed by atoms with Gasteiger partial charge in [0.15, 0.2) is 0 Å². The molecule has 2 rings (SSSR count). The second kappa shape index (κ2) is 7.75. The lowest BCUT2D eigenvalue weighted by Gasteiger charge is -2.20. The van der Waals surface area contributed by atoms with Crippen molar-refractivity contribution in [3.05, 3.63) is 35.6 Å². The normalized spacial score (nSPS) is 14.3. The van der Waals surface area contributed by atoms with Crippen molar-refractivity contribution >= 4 is 34.2 Å². The van der Waals surface area contributed by atoms with Crippen LogP contribution in [-0.2, 0) is 11.3 Å². The first-order valence-corrected chi connectivity index (χ1v) is 8.36. The van der Waals surface area contributed by atoms with Gasteiger partial charge in [-0.2, -0.15) is 0 Å². The number of carbonyl (C=O) groups excluding carboxylic acids is 1. The van der Waals surface area contributed by atoms with E-state index in [2.05, 4.69) is 4.90 Å². The molecule has 0 N–H and O–H groups in total. The van der Waals surface area contributed by atoms with E-state index in [1.54, 1.807) is 24.1 Å². The molecule has 0 atom stereocenters. The van der Waals surface area contributed by atoms with Crippen molar-refractivity contribution in [1.29, 1.82) is 0 Å². The maximum absolute atomic E-state index is 12.8. The predicted octanol–water partition coefficient (Wildman–Crippen LogP) is 2.90. The summed E-state index contributed by atoms with van der Waals surface area (Å²) in [6.07, 6.45) is 2.36. The van der Waals surface area contributed by atoms with Crippen LogP contribution in [0, 0.1) is 5.82 Å². The first kappa shape index (κ1) is 16.2. The summed E-state index contributed by atoms with van der Waals surface area (Å²) >= 11 is 6.77. The number of halogens is 1. The monoisotopic (exact) mass is 326 g/mol. The summed E-state index contributed by atoms with van der Waals surface area (Å²) in [4.78, 5) is 15.9. The molecule has 0 saturated carbocycles. The van der Waals surface area contributed by atoms with Crippen molar-refractivity contribution < 1.29 is 9.18 Å². The van der Waals surface area contributed by atoms with Crippen molar-refractivity contribution in [3.63, 3.8) is 0 Å². The Morgan fingerprint density at radius 1 is 1.33 bits per heavy atom. The van der Waals surface area contributed by atoms with Crippen LogP contribution in [0.2, 0.25) is 0 Å². The van der Waals surface area contributed by atoms with Crippen LogP contribution in [0.25, 0.3) is 0 Å². The Morgan fingerprint density at radius 3 is 2.57 bits per heavy atom. The summed E-state index contributed by atoms with van der Waals surface area (Å²) in [5.41, 5.74) is 0.916. The minimum absolute atomic E-state index is 0.0332. The fourth-order valence-corrected chi connectivity index (χ4v) is 3.37. The van der Waals surface area contributed by atoms with Crippen LogP contribution in [0.3, 0.4) is 0 Å². The van der Waals surface area contributed by atoms with E-state index in [-0.39, 0.29) is 11.7 Å². The van der Waals surface area contributed by atoms with E-state index in [1.807, 2.05) is 0 Å². The highest BCUT2D eigenvalue weighted by Crippen LogP contribution is 2.16. The van der Waals surface area contributed by atoms with Gasteiger partial charge in [0, 0.05) is 26.7 Å². The fourth-order valence-electron chi connectivity index (χ4n) is 2.18. The topological polar surface area (TPSA) is 23.6 Å². The number of thioether (sulfide) groups is 1. The molecule has 1 amide bonds. The molecule has 0 unspecified atom stereocenters. The highest BCUT2D eigenvalue weighted by molar-refractivity contribution is 8.23. The van der Waals surface area contributed by atoms with E-state index in [0.717, 1.165) is 23.0 Å². The summed E-state index contributed by atoms with van der Waals surface area (Å²) < 4.78 is 13.7. The van der Waals surface area contributed by atoms with Crippen molar-refractivity contribution in [2.45, 2.75) is 19.4 Å². The van der Waals surface area contributed by atoms with E-state index in [9.17, 15) is 9.18 Å². The molecule has 1 aliphatic rings. The van der Waals surface area contributed by atoms with Crippen LogP contribution in [0.15, 0.2) is 24.3 Å². The van der Waals surface area contributed by atoms with Gasteiger partial charge in [-0.05, 0) is 30.5 Å². The second-order valence-electron chi connectivity index (χ2n) is 5.13. The quantitative estimate of drug-likeness (QED) is 0.794. The number of hydrogen-bond acceptors (Lipinski definition) is 3. The van der Waals surface area contributed by atoms with Crippen molar-refractivity contribution in [1.82, 2.24) is 9.80 Å². The fraction of sp³-hybridized carbons (Fsp3) is 0.467. The predicted molar refractivity (Wildman–Crippen MR) is 88.7 cm³/mol. The molecule has 1 fully saturated rings. The van der Waals surface area contributed by atoms with Gasteiger partial charge in [-0.3, -0.25) is 4.79 Å². The summed E-state index contributed by atoms with van der Waals surface area (Å²) in [5, 5.41) is 0. The Labute approximate surface area is 134 Å². The third-order valence-corrected chi connectivity index (χ3v) is 4.95. The van der Waals surface area contributed by atoms with Crippen LogP contribution in [0.5, 0.6) is 0 Å². The number of carbonyl (C=O) groups is 1. The third-order valence-electron chi connectivity index (χ3n) is 3.44. The van der Waals surface area contributed by atoms with Crippen LogP contribution < -0.4 is 0 Å². The highest BCUT2D eigenvalue weighted by atomic mass is 32.2. The van der Waals surface area contributed by atoms with Gasteiger partial charge in [0.1, 0.15) is 10.1 Å². The van der Waals surface area contributed by atoms with Gasteiger partial charge >= 0.3 is 0 Å². The van der Waals surface area contributed by atoms with Crippen LogP contribution >= 0.6 is 24.0 Å². The molecule has 114 valence electrons. The van der Waals surface area contributed by atoms with E-state index >= 15 is 0 Å². The number of thiocarbonyl (C=S) groups is 1. The van der Waals surface area contributed by atoms with E-state index < -0.39 is 0 Å². The summed E-state index contributed by atoms with van der Waals surface area (Å²) in [6, 6.07) is 6.21. The zero-order chi connectivity index (χ0) is 15.2. The molecule has 0 radical (unpaired) electrons. The Morgan fingerprint density at radius 2 is 1.95 bits per heavy atom. The van der Waals surface area contributed by atoms with Gasteiger partial charge in [0.05, 0.1) is 5.75 Å². The lowest BCUT2D eigenvalue weighted by molar-refractivity contribution is -0.127. The molecule has 21 heavy (non-hydrogen) atoms. The molecule has 0 spiro atoms. The third kappa shape index (κ3) is 4.97. The van der Waals surface area contributed by atoms with E-state index in [4.69, 9.17) is 12.2 Å². The highest BCUT2D eigenvalue weighted by Gasteiger charge is 2.17. The molecule has 0 aromatic heterocycles. The molecule has 1 aliphatic heterocycles. The Kier molecular flexibility index (Phi) is 5.99. The van der Waals surface area contributed by atoms with Gasteiger partial charge in [-0.25, -0.2) is 4.39 Å². The first-order chi connectivity index (χ1) is 10.1. The standard InChI is InChI=1S/C15H19FN2OS2/c1-17(10-12-4-6-13(16)7-5-12)14(19)11-21-15(20)18-8-2-3-9-18/h4-7H,2-3,8-11H2,1H3. The summed E-state index contributed by atoms with van der Waals surface area (Å²) in [6.45, 7) is 2.49. The molecule has 6 heteroatoms. The Bertz CT molecular complexity index is 501. The molecule has 1 aromatic rings. The van der Waals surface area contributed by atoms with Crippen LogP contribution in [0.4, 0.5) is 4.39 Å². The molecule has 1 heterocycles. The average Bonchev–Trinajstić information content (AvgIpc) is 3.01. The first-order valence-electron chi connectivity index (χ1n) is 6.96. The molecule has 1 saturated heterocycles. The van der Waals surface area contributed by atoms with Crippen molar-refractivity contribution in [2.24, 2.45) is 0 Å². The number of benzene rings is 1. The smallest absolute Gasteiger partial charge is 0.233 e. The average molecular weight is 326 g/mol. The number of amides is 1. The molecule has 3 nitrogen and oxygen atoms in total. The maximum Gasteiger partial charge on any atom is 0.233 e. The Hall–Kier alpha value is -1.14. The lowest BCUT2D eigenvalue weighted by atomic mass is 10.2. The van der Waals surface area contributed by atoms with E-state index in [1.165, 1.54) is 36.7 Å². The van der Waals surface area contributed by atoms with Crippen LogP contribution in [-0.4, -0.2) is 45.9 Å². The Balaban J connectivity index is 1.76. The molecule has 0 aliphatic carbocycles. The summed E-state index contributed by atoms with van der Waals surface area (Å²) in [7, 11) is 1.76. The SMILES string of the molecule is CN(Cc1ccc(F)cc1)C(=O)CSC(=S)N1CCCC1. The second-order valence-corrected chi connectivity index (χ2v) is 6.73. The van der Waals surface area contributed by atoms with Gasteiger partial charge < -0.3 is 9.80 Å². The number of rotatable bonds is 4. The van der Waals surface area contributed by atoms with Gasteiger partial charge in [0.25, 0.3) is 0 Å². The van der Waals surface area contributed by atoms with Crippen LogP contribution in [0.1, 0.15) is 18.4 Å². The lowest BCUT2D eigenvalue weighted by Crippen LogP contribution is -2.30. The number of likely N-dealkylation sites (tertiary alicyclic amines) is 1. The van der Waals surface area contributed by atoms with Gasteiger partial charge in [0.2, 0.25) is 5.91 Å². The van der Waals surface area contributed by atoms with Gasteiger partial charge in [-0.15, -0.1) is 0 Å². The minimum atomic E-state index is -0.265. The zero-order valence-electron chi connectivity index (χ0n) is 12.0. The molecule has 0 bridgehead atoms. The number of hydrogen-bond donors (Lipinski definition) is 0. The van der Waals surface area contributed by atoms with Crippen molar-refractivity contribution in [2.75, 3.05) is 25.9 Å². The number of nitrogens with zero attached hydrogens (tertiary/aromatic N) is 2. The zero-order valence-corrected chi connectivity index (χ0v) is 13.7. The van der Waals surface area contributed by atoms with E-state index in [0.29, 0.717) is 12.3 Å². The van der Waals surface area contributed by atoms with Gasteiger partial charge in [-0.1, -0.05) is 36.1 Å². The maximum atomic E-state index is 12.8. The van der Waals surface area contributed by atoms with Crippen molar-refractivity contribution in [3.8, 4) is 0 Å². The molecular formula is C15H19FN2OS2. The molecule has 1 aromatic carbocycles. The summed E-state index contributed by atoms with van der Waals surface area (Å²) in [5.74, 6) is 0.123. The molecular weight excluding hydrogens is 307 g/mol. The largest absolute Gasteiger partial charge is 0.358 e.